The van der Waals surface area contributed by atoms with Crippen LogP contribution in [0.5, 0.6) is 0 Å². The van der Waals surface area contributed by atoms with E-state index in [2.05, 4.69) is 15.5 Å². The highest BCUT2D eigenvalue weighted by Crippen LogP contribution is 2.01. The minimum absolute atomic E-state index is 0.0488. The maximum absolute atomic E-state index is 11.3. The average molecular weight is 211 g/mol. The van der Waals surface area contributed by atoms with Gasteiger partial charge in [0.2, 0.25) is 5.91 Å². The molecule has 1 amide bonds. The maximum atomic E-state index is 11.3. The van der Waals surface area contributed by atoms with Crippen LogP contribution in [0.3, 0.4) is 0 Å². The van der Waals surface area contributed by atoms with Gasteiger partial charge in [-0.3, -0.25) is 9.89 Å². The van der Waals surface area contributed by atoms with E-state index in [1.165, 1.54) is 0 Å². The molecule has 1 heterocycles. The van der Waals surface area contributed by atoms with Crippen LogP contribution in [0, 0.1) is 6.92 Å². The molecule has 5 heteroatoms. The Bertz CT molecular complexity index is 309. The smallest absolute Gasteiger partial charge is 0.220 e. The van der Waals surface area contributed by atoms with Gasteiger partial charge in [-0.2, -0.15) is 5.10 Å². The molecule has 0 unspecified atom stereocenters. The molecule has 0 saturated heterocycles. The van der Waals surface area contributed by atoms with Gasteiger partial charge in [-0.05, 0) is 13.3 Å². The van der Waals surface area contributed by atoms with E-state index in [1.54, 1.807) is 13.3 Å². The van der Waals surface area contributed by atoms with Gasteiger partial charge in [-0.25, -0.2) is 0 Å². The summed E-state index contributed by atoms with van der Waals surface area (Å²) in [6.45, 7) is 3.09. The number of ether oxygens (including phenoxy) is 1. The zero-order valence-electron chi connectivity index (χ0n) is 9.17. The standard InChI is InChI=1S/C10H17N3O2/c1-8-9(7-12-13-8)6-11-10(14)4-3-5-15-2/h7H,3-6H2,1-2H3,(H,11,14)(H,12,13). The number of carbonyl (C=O) groups is 1. The lowest BCUT2D eigenvalue weighted by Crippen LogP contribution is -2.22. The van der Waals surface area contributed by atoms with Crippen LogP contribution >= 0.6 is 0 Å². The van der Waals surface area contributed by atoms with Gasteiger partial charge >= 0.3 is 0 Å². The summed E-state index contributed by atoms with van der Waals surface area (Å²) in [6, 6.07) is 0. The molecule has 0 fully saturated rings. The molecule has 1 aromatic rings. The number of nitrogens with one attached hydrogen (secondary N) is 2. The Kier molecular flexibility index (Phi) is 4.83. The molecule has 0 aromatic carbocycles. The molecule has 1 aromatic heterocycles. The number of hydrogen-bond acceptors (Lipinski definition) is 3. The van der Waals surface area contributed by atoms with Crippen LogP contribution in [0.2, 0.25) is 0 Å². The molecule has 5 nitrogen and oxygen atoms in total. The quantitative estimate of drug-likeness (QED) is 0.683. The van der Waals surface area contributed by atoms with Gasteiger partial charge in [-0.15, -0.1) is 0 Å². The zero-order chi connectivity index (χ0) is 11.1. The van der Waals surface area contributed by atoms with Crippen molar-refractivity contribution in [2.75, 3.05) is 13.7 Å². The minimum atomic E-state index is 0.0488. The van der Waals surface area contributed by atoms with Crippen LogP contribution in [0.15, 0.2) is 6.20 Å². The van der Waals surface area contributed by atoms with Crippen LogP contribution in [-0.2, 0) is 16.1 Å². The molecule has 0 radical (unpaired) electrons. The van der Waals surface area contributed by atoms with Gasteiger partial charge in [0.15, 0.2) is 0 Å². The number of aromatic amines is 1. The summed E-state index contributed by atoms with van der Waals surface area (Å²) in [6.07, 6.45) is 2.99. The molecule has 0 aliphatic rings. The summed E-state index contributed by atoms with van der Waals surface area (Å²) in [5, 5.41) is 9.53. The summed E-state index contributed by atoms with van der Waals surface area (Å²) in [5.74, 6) is 0.0488. The average Bonchev–Trinajstić information content (AvgIpc) is 2.61. The third-order valence-corrected chi connectivity index (χ3v) is 2.16. The molecule has 2 N–H and O–H groups in total. The monoisotopic (exact) mass is 211 g/mol. The van der Waals surface area contributed by atoms with Crippen LogP contribution in [0.4, 0.5) is 0 Å². The second kappa shape index (κ2) is 6.19. The zero-order valence-corrected chi connectivity index (χ0v) is 9.17. The molecule has 0 saturated carbocycles. The Morgan fingerprint density at radius 2 is 2.47 bits per heavy atom. The highest BCUT2D eigenvalue weighted by molar-refractivity contribution is 5.75. The van der Waals surface area contributed by atoms with Gasteiger partial charge < -0.3 is 10.1 Å². The molecular formula is C10H17N3O2. The van der Waals surface area contributed by atoms with Crippen LogP contribution in [0.1, 0.15) is 24.1 Å². The predicted molar refractivity (Wildman–Crippen MR) is 56.3 cm³/mol. The van der Waals surface area contributed by atoms with Crippen LogP contribution in [0.25, 0.3) is 0 Å². The van der Waals surface area contributed by atoms with E-state index in [9.17, 15) is 4.79 Å². The normalized spacial score (nSPS) is 10.3. The number of rotatable bonds is 6. The van der Waals surface area contributed by atoms with Crippen molar-refractivity contribution in [1.82, 2.24) is 15.5 Å². The third kappa shape index (κ3) is 4.12. The van der Waals surface area contributed by atoms with Crippen molar-refractivity contribution in [1.29, 1.82) is 0 Å². The lowest BCUT2D eigenvalue weighted by Gasteiger charge is -2.03. The maximum Gasteiger partial charge on any atom is 0.220 e. The highest BCUT2D eigenvalue weighted by Gasteiger charge is 2.03. The summed E-state index contributed by atoms with van der Waals surface area (Å²) in [4.78, 5) is 11.3. The summed E-state index contributed by atoms with van der Waals surface area (Å²) in [5.41, 5.74) is 2.02. The van der Waals surface area contributed by atoms with Crippen molar-refractivity contribution in [3.05, 3.63) is 17.5 Å². The third-order valence-electron chi connectivity index (χ3n) is 2.16. The fraction of sp³-hybridized carbons (Fsp3) is 0.600. The number of amides is 1. The first-order valence-electron chi connectivity index (χ1n) is 4.98. The topological polar surface area (TPSA) is 67.0 Å². The fourth-order valence-electron chi connectivity index (χ4n) is 1.21. The number of carbonyl (C=O) groups excluding carboxylic acids is 1. The van der Waals surface area contributed by atoms with Crippen LogP contribution < -0.4 is 5.32 Å². The Morgan fingerprint density at radius 1 is 1.67 bits per heavy atom. The molecule has 0 spiro atoms. The van der Waals surface area contributed by atoms with E-state index in [1.807, 2.05) is 6.92 Å². The Hall–Kier alpha value is -1.36. The Labute approximate surface area is 89.2 Å². The predicted octanol–water partition coefficient (Wildman–Crippen LogP) is 0.761. The molecule has 84 valence electrons. The largest absolute Gasteiger partial charge is 0.385 e. The number of hydrogen-bond donors (Lipinski definition) is 2. The van der Waals surface area contributed by atoms with E-state index in [-0.39, 0.29) is 5.91 Å². The molecular weight excluding hydrogens is 194 g/mol. The second-order valence-corrected chi connectivity index (χ2v) is 3.39. The highest BCUT2D eigenvalue weighted by atomic mass is 16.5. The Morgan fingerprint density at radius 3 is 3.07 bits per heavy atom. The fourth-order valence-corrected chi connectivity index (χ4v) is 1.21. The van der Waals surface area contributed by atoms with Crippen LogP contribution in [-0.4, -0.2) is 29.8 Å². The Balaban J connectivity index is 2.20. The second-order valence-electron chi connectivity index (χ2n) is 3.39. The van der Waals surface area contributed by atoms with E-state index in [0.717, 1.165) is 17.7 Å². The number of methoxy groups -OCH3 is 1. The molecule has 0 atom stereocenters. The summed E-state index contributed by atoms with van der Waals surface area (Å²) >= 11 is 0. The van der Waals surface area contributed by atoms with Crippen molar-refractivity contribution in [3.8, 4) is 0 Å². The minimum Gasteiger partial charge on any atom is -0.385 e. The molecule has 15 heavy (non-hydrogen) atoms. The molecule has 0 aliphatic carbocycles. The van der Waals surface area contributed by atoms with E-state index >= 15 is 0 Å². The van der Waals surface area contributed by atoms with E-state index in [0.29, 0.717) is 19.6 Å². The summed E-state index contributed by atoms with van der Waals surface area (Å²) in [7, 11) is 1.63. The lowest BCUT2D eigenvalue weighted by atomic mass is 10.2. The molecule has 0 bridgehead atoms. The van der Waals surface area contributed by atoms with Crippen molar-refractivity contribution in [3.63, 3.8) is 0 Å². The number of aryl methyl sites for hydroxylation is 1. The number of aromatic nitrogens is 2. The number of nitrogens with zero attached hydrogens (tertiary/aromatic N) is 1. The lowest BCUT2D eigenvalue weighted by molar-refractivity contribution is -0.121. The van der Waals surface area contributed by atoms with Crippen molar-refractivity contribution < 1.29 is 9.53 Å². The van der Waals surface area contributed by atoms with Crippen molar-refractivity contribution in [2.45, 2.75) is 26.3 Å². The summed E-state index contributed by atoms with van der Waals surface area (Å²) < 4.78 is 4.87. The van der Waals surface area contributed by atoms with Crippen molar-refractivity contribution in [2.24, 2.45) is 0 Å². The van der Waals surface area contributed by atoms with E-state index in [4.69, 9.17) is 4.74 Å². The van der Waals surface area contributed by atoms with E-state index < -0.39 is 0 Å². The molecule has 1 rings (SSSR count). The van der Waals surface area contributed by atoms with Crippen molar-refractivity contribution >= 4 is 5.91 Å². The van der Waals surface area contributed by atoms with Gasteiger partial charge in [0.05, 0.1) is 6.20 Å². The van der Waals surface area contributed by atoms with Gasteiger partial charge in [0.1, 0.15) is 0 Å². The first-order valence-corrected chi connectivity index (χ1v) is 4.98. The van der Waals surface area contributed by atoms with Gasteiger partial charge in [0.25, 0.3) is 0 Å². The molecule has 0 aliphatic heterocycles. The SMILES string of the molecule is COCCCC(=O)NCc1cn[nH]c1C. The van der Waals surface area contributed by atoms with Gasteiger partial charge in [-0.1, -0.05) is 0 Å². The first-order chi connectivity index (χ1) is 7.24. The van der Waals surface area contributed by atoms with Gasteiger partial charge in [0, 0.05) is 37.9 Å². The first kappa shape index (κ1) is 11.7. The number of H-pyrrole nitrogens is 1.